The molecular formula is C19H32N4O. The maximum Gasteiger partial charge on any atom is 0.191 e. The number of hydrogen-bond acceptors (Lipinski definition) is 3. The normalized spacial score (nSPS) is 16.9. The van der Waals surface area contributed by atoms with Crippen LogP contribution in [0.5, 0.6) is 5.75 Å². The molecule has 1 aliphatic heterocycles. The third kappa shape index (κ3) is 6.04. The van der Waals surface area contributed by atoms with Crippen LogP contribution in [0.25, 0.3) is 0 Å². The van der Waals surface area contributed by atoms with Crippen LogP contribution in [0.4, 0.5) is 0 Å². The molecule has 1 aromatic carbocycles. The Balaban J connectivity index is 1.65. The Bertz CT molecular complexity index is 510. The van der Waals surface area contributed by atoms with Gasteiger partial charge in [-0.25, -0.2) is 0 Å². The topological polar surface area (TPSA) is 48.9 Å². The molecule has 1 fully saturated rings. The first kappa shape index (κ1) is 18.6. The quantitative estimate of drug-likeness (QED) is 0.457. The lowest BCUT2D eigenvalue weighted by Gasteiger charge is -2.30. The molecule has 0 aliphatic carbocycles. The highest BCUT2D eigenvalue weighted by Gasteiger charge is 2.14. The van der Waals surface area contributed by atoms with E-state index in [9.17, 15) is 0 Å². The van der Waals surface area contributed by atoms with Crippen LogP contribution in [0.1, 0.15) is 31.7 Å². The molecule has 134 valence electrons. The molecular weight excluding hydrogens is 300 g/mol. The molecule has 5 heteroatoms. The summed E-state index contributed by atoms with van der Waals surface area (Å²) in [7, 11) is 3.51. The summed E-state index contributed by atoms with van der Waals surface area (Å²) in [4.78, 5) is 6.87. The first-order valence-electron chi connectivity index (χ1n) is 9.01. The van der Waals surface area contributed by atoms with Gasteiger partial charge in [-0.05, 0) is 50.9 Å². The number of aliphatic imine (C=N–C) groups is 1. The minimum Gasteiger partial charge on any atom is -0.496 e. The minimum absolute atomic E-state index is 0.702. The van der Waals surface area contributed by atoms with E-state index in [0.717, 1.165) is 36.2 Å². The van der Waals surface area contributed by atoms with E-state index in [1.165, 1.54) is 32.5 Å². The highest BCUT2D eigenvalue weighted by Crippen LogP contribution is 2.17. The summed E-state index contributed by atoms with van der Waals surface area (Å²) in [5, 5.41) is 6.75. The lowest BCUT2D eigenvalue weighted by molar-refractivity contribution is 0.191. The van der Waals surface area contributed by atoms with E-state index < -0.39 is 0 Å². The standard InChI is InChI=1S/C19H32N4O/c1-16-9-13-23(14-10-16)12-6-11-21-19(20-2)22-15-17-7-4-5-8-18(17)24-3/h4-5,7-8,16H,6,9-15H2,1-3H3,(H2,20,21,22). The molecule has 1 saturated heterocycles. The monoisotopic (exact) mass is 332 g/mol. The average molecular weight is 332 g/mol. The zero-order chi connectivity index (χ0) is 17.2. The Kier molecular flexibility index (Phi) is 7.89. The summed E-state index contributed by atoms with van der Waals surface area (Å²) in [5.74, 6) is 2.64. The number of benzene rings is 1. The van der Waals surface area contributed by atoms with Crippen molar-refractivity contribution in [3.63, 3.8) is 0 Å². The van der Waals surface area contributed by atoms with Crippen molar-refractivity contribution in [1.29, 1.82) is 0 Å². The van der Waals surface area contributed by atoms with Crippen LogP contribution in [-0.2, 0) is 6.54 Å². The van der Waals surface area contributed by atoms with Crippen molar-refractivity contribution in [2.24, 2.45) is 10.9 Å². The molecule has 0 saturated carbocycles. The SMILES string of the molecule is CN=C(NCCCN1CCC(C)CC1)NCc1ccccc1OC. The van der Waals surface area contributed by atoms with Crippen LogP contribution >= 0.6 is 0 Å². The van der Waals surface area contributed by atoms with Crippen molar-refractivity contribution < 1.29 is 4.74 Å². The highest BCUT2D eigenvalue weighted by atomic mass is 16.5. The van der Waals surface area contributed by atoms with E-state index >= 15 is 0 Å². The summed E-state index contributed by atoms with van der Waals surface area (Å²) < 4.78 is 5.38. The second-order valence-corrected chi connectivity index (χ2v) is 6.54. The summed E-state index contributed by atoms with van der Waals surface area (Å²) in [6, 6.07) is 8.05. The summed E-state index contributed by atoms with van der Waals surface area (Å²) in [6.07, 6.45) is 3.83. The van der Waals surface area contributed by atoms with Gasteiger partial charge in [-0.15, -0.1) is 0 Å². The number of guanidine groups is 1. The van der Waals surface area contributed by atoms with Crippen molar-refractivity contribution in [3.8, 4) is 5.75 Å². The fourth-order valence-electron chi connectivity index (χ4n) is 3.04. The van der Waals surface area contributed by atoms with Gasteiger partial charge in [-0.3, -0.25) is 4.99 Å². The third-order valence-electron chi connectivity index (χ3n) is 4.68. The fourth-order valence-corrected chi connectivity index (χ4v) is 3.04. The predicted octanol–water partition coefficient (Wildman–Crippen LogP) is 2.48. The van der Waals surface area contributed by atoms with Crippen LogP contribution in [-0.4, -0.2) is 51.2 Å². The van der Waals surface area contributed by atoms with Gasteiger partial charge in [0.25, 0.3) is 0 Å². The smallest absolute Gasteiger partial charge is 0.191 e. The van der Waals surface area contributed by atoms with E-state index in [1.54, 1.807) is 7.11 Å². The van der Waals surface area contributed by atoms with Crippen LogP contribution in [0.3, 0.4) is 0 Å². The van der Waals surface area contributed by atoms with Crippen LogP contribution < -0.4 is 15.4 Å². The molecule has 0 amide bonds. The largest absolute Gasteiger partial charge is 0.496 e. The van der Waals surface area contributed by atoms with Crippen LogP contribution in [0.2, 0.25) is 0 Å². The van der Waals surface area contributed by atoms with Gasteiger partial charge in [0, 0.05) is 25.7 Å². The first-order chi connectivity index (χ1) is 11.7. The Morgan fingerprint density at radius 3 is 2.71 bits per heavy atom. The molecule has 0 unspecified atom stereocenters. The van der Waals surface area contributed by atoms with E-state index in [-0.39, 0.29) is 0 Å². The Hall–Kier alpha value is -1.75. The van der Waals surface area contributed by atoms with Gasteiger partial charge in [-0.1, -0.05) is 25.1 Å². The summed E-state index contributed by atoms with van der Waals surface area (Å²) >= 11 is 0. The Morgan fingerprint density at radius 1 is 1.25 bits per heavy atom. The van der Waals surface area contributed by atoms with E-state index in [1.807, 2.05) is 25.2 Å². The first-order valence-corrected chi connectivity index (χ1v) is 9.01. The molecule has 1 aliphatic rings. The van der Waals surface area contributed by atoms with Gasteiger partial charge in [0.05, 0.1) is 7.11 Å². The zero-order valence-corrected chi connectivity index (χ0v) is 15.3. The number of piperidine rings is 1. The fraction of sp³-hybridized carbons (Fsp3) is 0.632. The van der Waals surface area contributed by atoms with Gasteiger partial charge in [-0.2, -0.15) is 0 Å². The molecule has 1 heterocycles. The Labute approximate surface area is 146 Å². The van der Waals surface area contributed by atoms with Crippen molar-refractivity contribution >= 4 is 5.96 Å². The number of rotatable bonds is 7. The number of ether oxygens (including phenoxy) is 1. The van der Waals surface area contributed by atoms with Gasteiger partial charge in [0.15, 0.2) is 5.96 Å². The molecule has 2 rings (SSSR count). The molecule has 0 bridgehead atoms. The van der Waals surface area contributed by atoms with Crippen molar-refractivity contribution in [1.82, 2.24) is 15.5 Å². The maximum atomic E-state index is 5.38. The van der Waals surface area contributed by atoms with Gasteiger partial charge in [0.1, 0.15) is 5.75 Å². The predicted molar refractivity (Wildman–Crippen MR) is 101 cm³/mol. The molecule has 24 heavy (non-hydrogen) atoms. The van der Waals surface area contributed by atoms with Gasteiger partial charge in [0.2, 0.25) is 0 Å². The third-order valence-corrected chi connectivity index (χ3v) is 4.68. The Morgan fingerprint density at radius 2 is 2.00 bits per heavy atom. The molecule has 0 atom stereocenters. The molecule has 0 aromatic heterocycles. The second kappa shape index (κ2) is 10.2. The molecule has 1 aromatic rings. The van der Waals surface area contributed by atoms with E-state index in [0.29, 0.717) is 6.54 Å². The lowest BCUT2D eigenvalue weighted by Crippen LogP contribution is -2.39. The molecule has 0 radical (unpaired) electrons. The highest BCUT2D eigenvalue weighted by molar-refractivity contribution is 5.79. The summed E-state index contributed by atoms with van der Waals surface area (Å²) in [5.41, 5.74) is 1.13. The second-order valence-electron chi connectivity index (χ2n) is 6.54. The van der Waals surface area contributed by atoms with E-state index in [2.05, 4.69) is 33.5 Å². The number of methoxy groups -OCH3 is 1. The minimum atomic E-state index is 0.702. The number of para-hydroxylation sites is 1. The van der Waals surface area contributed by atoms with Crippen LogP contribution in [0.15, 0.2) is 29.3 Å². The van der Waals surface area contributed by atoms with Crippen molar-refractivity contribution in [2.45, 2.75) is 32.7 Å². The van der Waals surface area contributed by atoms with Crippen molar-refractivity contribution in [3.05, 3.63) is 29.8 Å². The van der Waals surface area contributed by atoms with E-state index in [4.69, 9.17) is 4.74 Å². The lowest BCUT2D eigenvalue weighted by atomic mass is 9.99. The number of nitrogens with one attached hydrogen (secondary N) is 2. The maximum absolute atomic E-state index is 5.38. The molecule has 0 spiro atoms. The van der Waals surface area contributed by atoms with Gasteiger partial charge < -0.3 is 20.3 Å². The number of likely N-dealkylation sites (tertiary alicyclic amines) is 1. The van der Waals surface area contributed by atoms with Gasteiger partial charge >= 0.3 is 0 Å². The average Bonchev–Trinajstić information content (AvgIpc) is 2.63. The zero-order valence-electron chi connectivity index (χ0n) is 15.3. The van der Waals surface area contributed by atoms with Crippen molar-refractivity contribution in [2.75, 3.05) is 40.3 Å². The van der Waals surface area contributed by atoms with Crippen LogP contribution in [0, 0.1) is 5.92 Å². The molecule has 2 N–H and O–H groups in total. The number of nitrogens with zero attached hydrogens (tertiary/aromatic N) is 2. The molecule has 5 nitrogen and oxygen atoms in total. The number of hydrogen-bond donors (Lipinski definition) is 2. The summed E-state index contributed by atoms with van der Waals surface area (Å²) in [6.45, 7) is 7.68.